The molecule has 0 bridgehead atoms. The van der Waals surface area contributed by atoms with Gasteiger partial charge in [0.05, 0.1) is 0 Å². The molecule has 0 atom stereocenters. The second-order valence-electron chi connectivity index (χ2n) is 9.03. The number of allylic oxidation sites excluding steroid dienone is 1. The Bertz CT molecular complexity index is 1270. The van der Waals surface area contributed by atoms with Crippen LogP contribution in [0.2, 0.25) is 0 Å². The first kappa shape index (κ1) is 23.8. The molecular weight excluding hydrogens is 386 g/mol. The first-order valence-corrected chi connectivity index (χ1v) is 11.7. The van der Waals surface area contributed by atoms with Gasteiger partial charge in [-0.2, -0.15) is 0 Å². The van der Waals surface area contributed by atoms with Gasteiger partial charge in [0.25, 0.3) is 0 Å². The fraction of sp³-hybridized carbons (Fsp3) is 0.290. The van der Waals surface area contributed by atoms with E-state index in [1.807, 2.05) is 6.92 Å². The molecule has 2 N–H and O–H groups in total. The van der Waals surface area contributed by atoms with Crippen molar-refractivity contribution in [3.8, 4) is 22.3 Å². The topological polar surface area (TPSA) is 26.0 Å². The summed E-state index contributed by atoms with van der Waals surface area (Å²) >= 11 is 0. The standard InChI is InChI=1S/C29H30.C2H7N/c1-18(2)24-8-7-9-27-28(24)16-23(25-12-10-19(3)14-21(25)5)17-29(27)26-13-11-20(4)15-22(26)6;1-2-3/h9-17H,1,7-8H2,2-6H3;2-3H2,1H3. The van der Waals surface area contributed by atoms with E-state index in [1.54, 1.807) is 0 Å². The van der Waals surface area contributed by atoms with Crippen LogP contribution in [-0.4, -0.2) is 6.54 Å². The third-order valence-electron chi connectivity index (χ3n) is 6.13. The predicted octanol–water partition coefficient (Wildman–Crippen LogP) is 6.52. The number of hydrogen-bond acceptors (Lipinski definition) is 1. The molecule has 3 aromatic rings. The number of benzene rings is 3. The van der Waals surface area contributed by atoms with Crippen LogP contribution in [0.3, 0.4) is 0 Å². The van der Waals surface area contributed by atoms with E-state index in [9.17, 15) is 0 Å². The lowest BCUT2D eigenvalue weighted by Gasteiger charge is -2.18. The largest absolute Gasteiger partial charge is 0.331 e. The molecule has 0 radical (unpaired) electrons. The van der Waals surface area contributed by atoms with Crippen molar-refractivity contribution in [3.63, 3.8) is 0 Å². The van der Waals surface area contributed by atoms with Crippen molar-refractivity contribution < 1.29 is 0 Å². The molecule has 0 fully saturated rings. The summed E-state index contributed by atoms with van der Waals surface area (Å²) in [6, 6.07) is 18.4. The zero-order valence-electron chi connectivity index (χ0n) is 20.6. The van der Waals surface area contributed by atoms with E-state index in [0.717, 1.165) is 19.4 Å². The second-order valence-corrected chi connectivity index (χ2v) is 9.03. The maximum absolute atomic E-state index is 4.85. The molecule has 4 rings (SSSR count). The quantitative estimate of drug-likeness (QED) is 0.510. The molecule has 32 heavy (non-hydrogen) atoms. The SMILES string of the molecule is C=C(C)C1=c2cc(-c3ccc(C)cc3C)cc(-c3ccc(C)cc3C)c2=CCC1.CCN. The molecule has 1 heteroatoms. The van der Waals surface area contributed by atoms with Gasteiger partial charge in [-0.25, -0.2) is 0 Å². The molecule has 1 nitrogen and oxygen atoms in total. The molecule has 1 aliphatic rings. The van der Waals surface area contributed by atoms with Gasteiger partial charge in [0.1, 0.15) is 0 Å². The fourth-order valence-electron chi connectivity index (χ4n) is 4.69. The van der Waals surface area contributed by atoms with Crippen LogP contribution in [0.1, 0.15) is 48.9 Å². The number of aryl methyl sites for hydroxylation is 4. The Morgan fingerprint density at radius 1 is 0.844 bits per heavy atom. The summed E-state index contributed by atoms with van der Waals surface area (Å²) in [7, 11) is 0. The third kappa shape index (κ3) is 4.95. The van der Waals surface area contributed by atoms with E-state index >= 15 is 0 Å². The number of rotatable bonds is 3. The van der Waals surface area contributed by atoms with E-state index in [4.69, 9.17) is 5.73 Å². The Kier molecular flexibility index (Phi) is 7.53. The first-order chi connectivity index (χ1) is 15.3. The van der Waals surface area contributed by atoms with Gasteiger partial charge in [-0.15, -0.1) is 0 Å². The lowest BCUT2D eigenvalue weighted by molar-refractivity contribution is 1.07. The van der Waals surface area contributed by atoms with Crippen LogP contribution in [0.15, 0.2) is 60.7 Å². The molecule has 0 unspecified atom stereocenters. The van der Waals surface area contributed by atoms with Crippen molar-refractivity contribution in [2.75, 3.05) is 6.54 Å². The monoisotopic (exact) mass is 423 g/mol. The van der Waals surface area contributed by atoms with Crippen LogP contribution in [0.5, 0.6) is 0 Å². The Labute approximate surface area is 194 Å². The van der Waals surface area contributed by atoms with Crippen molar-refractivity contribution in [2.45, 2.75) is 54.4 Å². The molecule has 0 saturated heterocycles. The second kappa shape index (κ2) is 10.1. The summed E-state index contributed by atoms with van der Waals surface area (Å²) in [5, 5.41) is 2.73. The molecule has 0 saturated carbocycles. The third-order valence-corrected chi connectivity index (χ3v) is 6.13. The van der Waals surface area contributed by atoms with Crippen LogP contribution in [0.4, 0.5) is 0 Å². The lowest BCUT2D eigenvalue weighted by atomic mass is 9.86. The number of fused-ring (bicyclic) bond motifs is 1. The van der Waals surface area contributed by atoms with Crippen molar-refractivity contribution in [2.24, 2.45) is 5.73 Å². The number of hydrogen-bond donors (Lipinski definition) is 1. The Morgan fingerprint density at radius 3 is 1.94 bits per heavy atom. The van der Waals surface area contributed by atoms with E-state index in [0.29, 0.717) is 0 Å². The normalized spacial score (nSPS) is 12.4. The van der Waals surface area contributed by atoms with Crippen molar-refractivity contribution in [3.05, 3.63) is 93.4 Å². The summed E-state index contributed by atoms with van der Waals surface area (Å²) in [6.45, 7) is 17.9. The minimum atomic E-state index is 0.750. The summed E-state index contributed by atoms with van der Waals surface area (Å²) in [5.74, 6) is 0. The van der Waals surface area contributed by atoms with Gasteiger partial charge in [-0.05, 0) is 116 Å². The summed E-state index contributed by atoms with van der Waals surface area (Å²) in [4.78, 5) is 0. The molecule has 0 spiro atoms. The highest BCUT2D eigenvalue weighted by Gasteiger charge is 2.14. The predicted molar refractivity (Wildman–Crippen MR) is 142 cm³/mol. The molecule has 3 aromatic carbocycles. The van der Waals surface area contributed by atoms with E-state index in [-0.39, 0.29) is 0 Å². The van der Waals surface area contributed by atoms with Gasteiger partial charge in [0.15, 0.2) is 0 Å². The Morgan fingerprint density at radius 2 is 1.41 bits per heavy atom. The van der Waals surface area contributed by atoms with Crippen LogP contribution in [0, 0.1) is 27.7 Å². The highest BCUT2D eigenvalue weighted by atomic mass is 14.5. The van der Waals surface area contributed by atoms with Gasteiger partial charge in [0.2, 0.25) is 0 Å². The first-order valence-electron chi connectivity index (χ1n) is 11.7. The van der Waals surface area contributed by atoms with Gasteiger partial charge in [-0.1, -0.05) is 72.7 Å². The van der Waals surface area contributed by atoms with Crippen LogP contribution < -0.4 is 16.2 Å². The molecular formula is C31H37N. The smallest absolute Gasteiger partial charge is 0.00997 e. The molecule has 0 aromatic heterocycles. The van der Waals surface area contributed by atoms with E-state index in [1.165, 1.54) is 66.1 Å². The number of nitrogens with two attached hydrogens (primary N) is 1. The maximum Gasteiger partial charge on any atom is -0.00997 e. The van der Waals surface area contributed by atoms with Crippen molar-refractivity contribution in [1.82, 2.24) is 0 Å². The Balaban J connectivity index is 0.000000913. The molecule has 0 heterocycles. The van der Waals surface area contributed by atoms with Gasteiger partial charge in [0, 0.05) is 0 Å². The minimum Gasteiger partial charge on any atom is -0.331 e. The fourth-order valence-corrected chi connectivity index (χ4v) is 4.69. The van der Waals surface area contributed by atoms with Gasteiger partial charge >= 0.3 is 0 Å². The zero-order chi connectivity index (χ0) is 23.4. The van der Waals surface area contributed by atoms with E-state index in [2.05, 4.69) is 95.8 Å². The zero-order valence-corrected chi connectivity index (χ0v) is 20.6. The molecule has 0 aliphatic heterocycles. The lowest BCUT2D eigenvalue weighted by Crippen LogP contribution is -2.32. The average molecular weight is 424 g/mol. The molecule has 166 valence electrons. The molecule has 0 amide bonds. The summed E-state index contributed by atoms with van der Waals surface area (Å²) in [5.41, 5.74) is 18.0. The highest BCUT2D eigenvalue weighted by molar-refractivity contribution is 5.80. The Hall–Kier alpha value is -2.90. The molecule has 1 aliphatic carbocycles. The van der Waals surface area contributed by atoms with Crippen LogP contribution in [0.25, 0.3) is 33.9 Å². The van der Waals surface area contributed by atoms with Crippen LogP contribution in [-0.2, 0) is 0 Å². The summed E-state index contributed by atoms with van der Waals surface area (Å²) in [6.07, 6.45) is 4.57. The maximum atomic E-state index is 4.85. The van der Waals surface area contributed by atoms with Crippen molar-refractivity contribution in [1.29, 1.82) is 0 Å². The van der Waals surface area contributed by atoms with Crippen LogP contribution >= 0.6 is 0 Å². The van der Waals surface area contributed by atoms with E-state index < -0.39 is 0 Å². The van der Waals surface area contributed by atoms with Crippen molar-refractivity contribution >= 4 is 11.6 Å². The minimum absolute atomic E-state index is 0.750. The van der Waals surface area contributed by atoms with Gasteiger partial charge in [-0.3, -0.25) is 0 Å². The summed E-state index contributed by atoms with van der Waals surface area (Å²) < 4.78 is 0. The van der Waals surface area contributed by atoms with Gasteiger partial charge < -0.3 is 5.73 Å². The average Bonchev–Trinajstić information content (AvgIpc) is 2.73. The highest BCUT2D eigenvalue weighted by Crippen LogP contribution is 2.29.